The van der Waals surface area contributed by atoms with Crippen molar-refractivity contribution in [3.05, 3.63) is 27.2 Å². The predicted molar refractivity (Wildman–Crippen MR) is 89.6 cm³/mol. The molecule has 0 bridgehead atoms. The van der Waals surface area contributed by atoms with Crippen molar-refractivity contribution in [1.82, 2.24) is 4.90 Å². The molecular weight excluding hydrogens is 331 g/mol. The van der Waals surface area contributed by atoms with E-state index in [1.165, 1.54) is 12.8 Å². The summed E-state index contributed by atoms with van der Waals surface area (Å²) in [6.07, 6.45) is 4.53. The van der Waals surface area contributed by atoms with E-state index in [1.54, 1.807) is 12.1 Å². The summed E-state index contributed by atoms with van der Waals surface area (Å²) in [5, 5.41) is 4.42. The first-order valence-electron chi connectivity index (χ1n) is 7.19. The summed E-state index contributed by atoms with van der Waals surface area (Å²) >= 11 is 18.2. The number of anilines is 1. The highest BCUT2D eigenvalue weighted by Crippen LogP contribution is 2.34. The Hall–Kier alpha value is -0.640. The third-order valence-electron chi connectivity index (χ3n) is 3.66. The third kappa shape index (κ3) is 4.41. The Morgan fingerprint density at radius 1 is 1.10 bits per heavy atom. The Kier molecular flexibility index (Phi) is 6.03. The van der Waals surface area contributed by atoms with Crippen LogP contribution in [0.4, 0.5) is 5.69 Å². The molecule has 0 spiro atoms. The van der Waals surface area contributed by atoms with Gasteiger partial charge in [-0.25, -0.2) is 0 Å². The molecule has 1 amide bonds. The van der Waals surface area contributed by atoms with E-state index in [-0.39, 0.29) is 11.9 Å². The zero-order chi connectivity index (χ0) is 15.4. The lowest BCUT2D eigenvalue weighted by molar-refractivity contribution is -0.131. The van der Waals surface area contributed by atoms with Crippen molar-refractivity contribution >= 4 is 46.4 Å². The zero-order valence-corrected chi connectivity index (χ0v) is 14.2. The molecule has 116 valence electrons. The van der Waals surface area contributed by atoms with Crippen molar-refractivity contribution in [3.63, 3.8) is 0 Å². The smallest absolute Gasteiger partial charge is 0.244 e. The topological polar surface area (TPSA) is 32.3 Å². The van der Waals surface area contributed by atoms with Crippen LogP contribution in [0.3, 0.4) is 0 Å². The number of likely N-dealkylation sites (tertiary alicyclic amines) is 1. The molecular formula is C15H19Cl3N2O. The fourth-order valence-corrected chi connectivity index (χ4v) is 3.45. The van der Waals surface area contributed by atoms with Crippen LogP contribution in [0.1, 0.15) is 32.6 Å². The Morgan fingerprint density at radius 2 is 1.62 bits per heavy atom. The van der Waals surface area contributed by atoms with Crippen LogP contribution in [0, 0.1) is 0 Å². The van der Waals surface area contributed by atoms with Crippen LogP contribution in [0.5, 0.6) is 0 Å². The molecule has 0 aliphatic carbocycles. The molecule has 2 rings (SSSR count). The van der Waals surface area contributed by atoms with Crippen LogP contribution < -0.4 is 5.32 Å². The van der Waals surface area contributed by atoms with E-state index in [1.807, 2.05) is 11.8 Å². The first-order valence-corrected chi connectivity index (χ1v) is 8.32. The second kappa shape index (κ2) is 7.57. The number of hydrogen-bond acceptors (Lipinski definition) is 2. The van der Waals surface area contributed by atoms with Crippen molar-refractivity contribution in [2.24, 2.45) is 0 Å². The second-order valence-corrected chi connectivity index (χ2v) is 6.60. The van der Waals surface area contributed by atoms with Gasteiger partial charge < -0.3 is 10.2 Å². The van der Waals surface area contributed by atoms with Gasteiger partial charge in [0.1, 0.15) is 6.04 Å². The van der Waals surface area contributed by atoms with Crippen LogP contribution in [-0.2, 0) is 4.79 Å². The van der Waals surface area contributed by atoms with E-state index in [0.29, 0.717) is 20.8 Å². The highest BCUT2D eigenvalue weighted by Gasteiger charge is 2.22. The number of nitrogens with one attached hydrogen (secondary N) is 1. The van der Waals surface area contributed by atoms with Crippen molar-refractivity contribution in [2.75, 3.05) is 18.4 Å². The number of carbonyl (C=O) groups is 1. The lowest BCUT2D eigenvalue weighted by atomic mass is 10.2. The lowest BCUT2D eigenvalue weighted by Crippen LogP contribution is -2.41. The van der Waals surface area contributed by atoms with Gasteiger partial charge in [0.15, 0.2) is 0 Å². The largest absolute Gasteiger partial charge is 0.371 e. The summed E-state index contributed by atoms with van der Waals surface area (Å²) in [5.74, 6) is 0.0824. The minimum absolute atomic E-state index is 0.0824. The quantitative estimate of drug-likeness (QED) is 0.846. The summed E-state index contributed by atoms with van der Waals surface area (Å²) in [6.45, 7) is 3.48. The fraction of sp³-hybridized carbons (Fsp3) is 0.533. The molecule has 1 unspecified atom stereocenters. The first-order chi connectivity index (χ1) is 9.99. The number of benzene rings is 1. The van der Waals surface area contributed by atoms with Gasteiger partial charge >= 0.3 is 0 Å². The van der Waals surface area contributed by atoms with Crippen molar-refractivity contribution in [3.8, 4) is 0 Å². The van der Waals surface area contributed by atoms with Crippen molar-refractivity contribution in [2.45, 2.75) is 38.6 Å². The monoisotopic (exact) mass is 348 g/mol. The molecule has 1 aliphatic rings. The molecule has 21 heavy (non-hydrogen) atoms. The zero-order valence-electron chi connectivity index (χ0n) is 12.0. The highest BCUT2D eigenvalue weighted by atomic mass is 35.5. The third-order valence-corrected chi connectivity index (χ3v) is 4.47. The Bertz CT molecular complexity index is 491. The average Bonchev–Trinajstić information content (AvgIpc) is 2.70. The molecule has 0 radical (unpaired) electrons. The predicted octanol–water partition coefficient (Wildman–Crippen LogP) is 4.85. The van der Waals surface area contributed by atoms with Gasteiger partial charge in [0.2, 0.25) is 5.91 Å². The van der Waals surface area contributed by atoms with Gasteiger partial charge in [-0.2, -0.15) is 0 Å². The summed E-state index contributed by atoms with van der Waals surface area (Å²) < 4.78 is 0. The molecule has 1 fully saturated rings. The van der Waals surface area contributed by atoms with E-state index in [4.69, 9.17) is 34.8 Å². The Balaban J connectivity index is 2.06. The lowest BCUT2D eigenvalue weighted by Gasteiger charge is -2.25. The Morgan fingerprint density at radius 3 is 2.14 bits per heavy atom. The maximum absolute atomic E-state index is 12.5. The van der Waals surface area contributed by atoms with Crippen LogP contribution in [0.2, 0.25) is 15.1 Å². The molecule has 6 heteroatoms. The number of hydrogen-bond donors (Lipinski definition) is 1. The van der Waals surface area contributed by atoms with Crippen LogP contribution in [0.25, 0.3) is 0 Å². The molecule has 1 saturated heterocycles. The molecule has 0 aromatic heterocycles. The first kappa shape index (κ1) is 16.7. The van der Waals surface area contributed by atoms with Gasteiger partial charge in [0.25, 0.3) is 0 Å². The molecule has 1 aromatic rings. The number of amides is 1. The molecule has 1 atom stereocenters. The second-order valence-electron chi connectivity index (χ2n) is 5.35. The molecule has 1 aromatic carbocycles. The fourth-order valence-electron chi connectivity index (χ4n) is 2.52. The number of halogens is 3. The number of rotatable bonds is 3. The van der Waals surface area contributed by atoms with E-state index in [9.17, 15) is 4.79 Å². The van der Waals surface area contributed by atoms with Gasteiger partial charge in [-0.3, -0.25) is 4.79 Å². The van der Waals surface area contributed by atoms with E-state index in [2.05, 4.69) is 5.32 Å². The Labute approximate surface area is 140 Å². The van der Waals surface area contributed by atoms with E-state index in [0.717, 1.165) is 25.9 Å². The van der Waals surface area contributed by atoms with Crippen molar-refractivity contribution in [1.29, 1.82) is 0 Å². The summed E-state index contributed by atoms with van der Waals surface area (Å²) in [5.41, 5.74) is 0.554. The normalized spacial score (nSPS) is 17.2. The summed E-state index contributed by atoms with van der Waals surface area (Å²) in [7, 11) is 0. The van der Waals surface area contributed by atoms with Crippen LogP contribution in [0.15, 0.2) is 12.1 Å². The molecule has 1 aliphatic heterocycles. The average molecular weight is 350 g/mol. The van der Waals surface area contributed by atoms with Gasteiger partial charge in [-0.15, -0.1) is 0 Å². The van der Waals surface area contributed by atoms with Crippen LogP contribution >= 0.6 is 34.8 Å². The minimum atomic E-state index is -0.376. The van der Waals surface area contributed by atoms with Gasteiger partial charge in [-0.05, 0) is 31.9 Å². The minimum Gasteiger partial charge on any atom is -0.371 e. The molecule has 0 saturated carbocycles. The molecule has 1 N–H and O–H groups in total. The van der Waals surface area contributed by atoms with Gasteiger partial charge in [0, 0.05) is 18.1 Å². The summed E-state index contributed by atoms with van der Waals surface area (Å²) in [4.78, 5) is 14.4. The van der Waals surface area contributed by atoms with E-state index >= 15 is 0 Å². The maximum Gasteiger partial charge on any atom is 0.244 e. The standard InChI is InChI=1S/C15H19Cl3N2O/c1-10(15(21)20-6-4-2-3-5-7-20)19-14-12(17)8-11(16)9-13(14)18/h8-10,19H,2-7H2,1H3. The van der Waals surface area contributed by atoms with E-state index < -0.39 is 0 Å². The maximum atomic E-state index is 12.5. The summed E-state index contributed by atoms with van der Waals surface area (Å²) in [6, 6.07) is 2.85. The molecule has 1 heterocycles. The SMILES string of the molecule is CC(Nc1c(Cl)cc(Cl)cc1Cl)C(=O)N1CCCCCC1. The number of carbonyl (C=O) groups excluding carboxylic acids is 1. The van der Waals surface area contributed by atoms with Gasteiger partial charge in [0.05, 0.1) is 15.7 Å². The van der Waals surface area contributed by atoms with Crippen LogP contribution in [-0.4, -0.2) is 29.9 Å². The number of nitrogens with zero attached hydrogens (tertiary/aromatic N) is 1. The highest BCUT2D eigenvalue weighted by molar-refractivity contribution is 6.41. The molecule has 3 nitrogen and oxygen atoms in total. The van der Waals surface area contributed by atoms with Crippen molar-refractivity contribution < 1.29 is 4.79 Å². The van der Waals surface area contributed by atoms with Gasteiger partial charge in [-0.1, -0.05) is 47.6 Å².